The maximum atomic E-state index is 15.0. The van der Waals surface area contributed by atoms with Gasteiger partial charge in [0.05, 0.1) is 30.7 Å². The van der Waals surface area contributed by atoms with Crippen molar-refractivity contribution in [2.75, 3.05) is 25.1 Å². The highest BCUT2D eigenvalue weighted by molar-refractivity contribution is 6.12. The number of para-hydroxylation sites is 1. The van der Waals surface area contributed by atoms with Crippen LogP contribution in [0, 0.1) is 5.92 Å². The van der Waals surface area contributed by atoms with Crippen LogP contribution >= 0.6 is 0 Å². The van der Waals surface area contributed by atoms with Crippen molar-refractivity contribution < 1.29 is 34.1 Å². The number of aliphatic hydroxyl groups is 2. The molecular formula is C43H39N3O7. The van der Waals surface area contributed by atoms with Crippen LogP contribution in [-0.2, 0) is 24.5 Å². The Morgan fingerprint density at radius 1 is 0.792 bits per heavy atom. The van der Waals surface area contributed by atoms with Crippen molar-refractivity contribution in [1.82, 2.24) is 10.2 Å². The third kappa shape index (κ3) is 5.85. The molecule has 0 aromatic heterocycles. The van der Waals surface area contributed by atoms with Gasteiger partial charge in [0.15, 0.2) is 0 Å². The fraction of sp³-hybridized carbons (Fsp3) is 0.233. The Kier molecular flexibility index (Phi) is 9.26. The van der Waals surface area contributed by atoms with E-state index in [1.807, 2.05) is 102 Å². The molecule has 5 aromatic carbocycles. The van der Waals surface area contributed by atoms with E-state index < -0.39 is 59.5 Å². The van der Waals surface area contributed by atoms with Gasteiger partial charge in [-0.25, -0.2) is 0 Å². The molecule has 0 aliphatic carbocycles. The van der Waals surface area contributed by atoms with Crippen LogP contribution < -0.4 is 15.4 Å². The molecule has 2 saturated heterocycles. The third-order valence-corrected chi connectivity index (χ3v) is 10.7. The number of aliphatic hydroxyl groups excluding tert-OH is 2. The quantitative estimate of drug-likeness (QED) is 0.146. The maximum Gasteiger partial charge on any atom is 0.324 e. The molecule has 268 valence electrons. The Morgan fingerprint density at radius 2 is 1.42 bits per heavy atom. The van der Waals surface area contributed by atoms with Gasteiger partial charge in [-0.3, -0.25) is 19.3 Å². The van der Waals surface area contributed by atoms with Crippen LogP contribution in [0.1, 0.15) is 52.1 Å². The Morgan fingerprint density at radius 3 is 2.09 bits per heavy atom. The molecular weight excluding hydrogens is 670 g/mol. The van der Waals surface area contributed by atoms with Gasteiger partial charge in [-0.2, -0.15) is 0 Å². The number of nitrogens with one attached hydrogen (secondary N) is 2. The van der Waals surface area contributed by atoms with Crippen molar-refractivity contribution in [2.45, 2.75) is 35.7 Å². The molecule has 0 saturated carbocycles. The number of fused-ring (bicyclic) bond motifs is 3. The van der Waals surface area contributed by atoms with E-state index in [4.69, 9.17) is 9.47 Å². The normalized spacial score (nSPS) is 25.2. The molecule has 3 aliphatic rings. The predicted octanol–water partition coefficient (Wildman–Crippen LogP) is 5.18. The van der Waals surface area contributed by atoms with Crippen molar-refractivity contribution in [2.24, 2.45) is 5.92 Å². The molecule has 2 amide bonds. The monoisotopic (exact) mass is 709 g/mol. The first-order valence-electron chi connectivity index (χ1n) is 17.8. The van der Waals surface area contributed by atoms with Gasteiger partial charge in [-0.05, 0) is 46.0 Å². The summed E-state index contributed by atoms with van der Waals surface area (Å²) in [6.45, 7) is -0.192. The Balaban J connectivity index is 1.35. The number of anilines is 1. The SMILES string of the molecule is O=C1O[C@@H](c2ccccc2)[C@@H](c2ccccc2)N2[C@@H](c3ccc(OCCO)cc3)[C@]3(C(=O)Nc4ccccc43)[C@@H](C(=O)NCC(O)c3ccccc3)[C@H]12. The van der Waals surface area contributed by atoms with E-state index in [1.54, 1.807) is 42.5 Å². The molecule has 5 aromatic rings. The number of carbonyl (C=O) groups excluding carboxylic acids is 3. The van der Waals surface area contributed by atoms with Crippen molar-refractivity contribution in [3.05, 3.63) is 167 Å². The Hall–Kier alpha value is -5.81. The summed E-state index contributed by atoms with van der Waals surface area (Å²) < 4.78 is 12.1. The van der Waals surface area contributed by atoms with Gasteiger partial charge in [0.1, 0.15) is 29.9 Å². The highest BCUT2D eigenvalue weighted by atomic mass is 16.6. The highest BCUT2D eigenvalue weighted by Gasteiger charge is 2.74. The van der Waals surface area contributed by atoms with E-state index in [9.17, 15) is 24.6 Å². The van der Waals surface area contributed by atoms with Gasteiger partial charge in [-0.1, -0.05) is 121 Å². The van der Waals surface area contributed by atoms with Crippen molar-refractivity contribution in [3.63, 3.8) is 0 Å². The lowest BCUT2D eigenvalue weighted by Crippen LogP contribution is -2.55. The van der Waals surface area contributed by atoms with Gasteiger partial charge in [-0.15, -0.1) is 0 Å². The number of amides is 2. The topological polar surface area (TPSA) is 137 Å². The van der Waals surface area contributed by atoms with Crippen LogP contribution in [-0.4, -0.2) is 58.7 Å². The van der Waals surface area contributed by atoms with Gasteiger partial charge in [0.2, 0.25) is 11.8 Å². The summed E-state index contributed by atoms with van der Waals surface area (Å²) in [4.78, 5) is 46.7. The molecule has 10 heteroatoms. The first-order chi connectivity index (χ1) is 25.9. The summed E-state index contributed by atoms with van der Waals surface area (Å²) in [7, 11) is 0. The number of cyclic esters (lactones) is 1. The number of hydrogen-bond acceptors (Lipinski definition) is 8. The fourth-order valence-corrected chi connectivity index (χ4v) is 8.56. The van der Waals surface area contributed by atoms with Gasteiger partial charge in [0, 0.05) is 12.2 Å². The number of morpholine rings is 1. The van der Waals surface area contributed by atoms with Crippen LogP contribution in [0.5, 0.6) is 5.75 Å². The minimum atomic E-state index is -1.62. The molecule has 2 fully saturated rings. The lowest BCUT2D eigenvalue weighted by atomic mass is 9.65. The summed E-state index contributed by atoms with van der Waals surface area (Å²) in [5, 5.41) is 26.5. The van der Waals surface area contributed by atoms with Crippen LogP contribution in [0.15, 0.2) is 140 Å². The second kappa shape index (κ2) is 14.3. The van der Waals surface area contributed by atoms with Crippen LogP contribution in [0.25, 0.3) is 0 Å². The summed E-state index contributed by atoms with van der Waals surface area (Å²) in [6.07, 6.45) is -1.81. The number of hydrogen-bond donors (Lipinski definition) is 4. The minimum Gasteiger partial charge on any atom is -0.491 e. The van der Waals surface area contributed by atoms with E-state index in [2.05, 4.69) is 10.6 Å². The first kappa shape index (κ1) is 34.3. The van der Waals surface area contributed by atoms with E-state index in [0.717, 1.165) is 11.1 Å². The smallest absolute Gasteiger partial charge is 0.324 e. The van der Waals surface area contributed by atoms with E-state index in [0.29, 0.717) is 28.1 Å². The molecule has 3 heterocycles. The number of esters is 1. The zero-order valence-electron chi connectivity index (χ0n) is 28.7. The zero-order valence-corrected chi connectivity index (χ0v) is 28.7. The number of carbonyl (C=O) groups is 3. The predicted molar refractivity (Wildman–Crippen MR) is 196 cm³/mol. The molecule has 0 radical (unpaired) electrons. The summed E-state index contributed by atoms with van der Waals surface area (Å²) in [5.41, 5.74) is 2.43. The van der Waals surface area contributed by atoms with Gasteiger partial charge >= 0.3 is 5.97 Å². The zero-order chi connectivity index (χ0) is 36.5. The minimum absolute atomic E-state index is 0.106. The molecule has 8 rings (SSSR count). The standard InChI is InChI=1S/C43H39N3O7/c47-24-25-52-31-22-20-30(21-23-31)39-43(32-18-10-11-19-33(32)45-42(43)51)35(40(49)44-26-34(48)27-12-4-1-5-13-27)37-41(50)53-38(29-16-8-3-9-17-29)36(46(37)39)28-14-6-2-7-15-28/h1-23,34-39,47-48H,24-26H2,(H,44,49)(H,45,51)/t34?,35-,36-,37-,38+,39+,43-/m1/s1. The van der Waals surface area contributed by atoms with Crippen molar-refractivity contribution >= 4 is 23.5 Å². The Bertz CT molecular complexity index is 2100. The lowest BCUT2D eigenvalue weighted by molar-refractivity contribution is -0.178. The molecule has 3 aliphatic heterocycles. The average Bonchev–Trinajstić information content (AvgIpc) is 3.69. The van der Waals surface area contributed by atoms with Gasteiger partial charge < -0.3 is 30.3 Å². The Labute approximate surface area is 307 Å². The van der Waals surface area contributed by atoms with E-state index >= 15 is 0 Å². The van der Waals surface area contributed by atoms with E-state index in [1.165, 1.54) is 0 Å². The second-order valence-corrected chi connectivity index (χ2v) is 13.6. The summed E-state index contributed by atoms with van der Waals surface area (Å²) in [6, 6.07) is 40.0. The number of rotatable bonds is 10. The third-order valence-electron chi connectivity index (χ3n) is 10.7. The van der Waals surface area contributed by atoms with E-state index in [-0.39, 0.29) is 19.8 Å². The highest BCUT2D eigenvalue weighted by Crippen LogP contribution is 2.64. The van der Waals surface area contributed by atoms with Crippen LogP contribution in [0.3, 0.4) is 0 Å². The molecule has 7 atom stereocenters. The summed E-state index contributed by atoms with van der Waals surface area (Å²) in [5.74, 6) is -2.36. The average molecular weight is 710 g/mol. The summed E-state index contributed by atoms with van der Waals surface area (Å²) >= 11 is 0. The molecule has 53 heavy (non-hydrogen) atoms. The second-order valence-electron chi connectivity index (χ2n) is 13.6. The molecule has 10 nitrogen and oxygen atoms in total. The first-order valence-corrected chi connectivity index (χ1v) is 17.8. The van der Waals surface area contributed by atoms with Gasteiger partial charge in [0.25, 0.3) is 0 Å². The molecule has 1 unspecified atom stereocenters. The van der Waals surface area contributed by atoms with Crippen LogP contribution in [0.2, 0.25) is 0 Å². The molecule has 4 N–H and O–H groups in total. The van der Waals surface area contributed by atoms with Crippen molar-refractivity contribution in [3.8, 4) is 5.75 Å². The molecule has 1 spiro atoms. The van der Waals surface area contributed by atoms with Crippen molar-refractivity contribution in [1.29, 1.82) is 0 Å². The molecule has 0 bridgehead atoms. The number of nitrogens with zero attached hydrogens (tertiary/aromatic N) is 1. The lowest BCUT2D eigenvalue weighted by Gasteiger charge is -2.46. The number of ether oxygens (including phenoxy) is 2. The van der Waals surface area contributed by atoms with Crippen LogP contribution in [0.4, 0.5) is 5.69 Å². The number of benzene rings is 5. The largest absolute Gasteiger partial charge is 0.491 e. The maximum absolute atomic E-state index is 15.0. The fourth-order valence-electron chi connectivity index (χ4n) is 8.56.